The first kappa shape index (κ1) is 68.0. The quantitative estimate of drug-likeness (QED) is 0.0598. The fourth-order valence-electron chi connectivity index (χ4n) is 16.3. The Morgan fingerprint density at radius 1 is 0.109 bits per heavy atom. The molecule has 5 heteroatoms. The van der Waals surface area contributed by atoms with Gasteiger partial charge in [-0.1, -0.05) is 443 Å². The van der Waals surface area contributed by atoms with E-state index in [1.54, 1.807) is 0 Å². The molecule has 0 aliphatic carbocycles. The summed E-state index contributed by atoms with van der Waals surface area (Å²) in [5.41, 5.74) is 20.6. The van der Waals surface area contributed by atoms with Crippen LogP contribution in [0.25, 0.3) is 123 Å². The Morgan fingerprint density at radius 3 is 0.473 bits per heavy atom. The lowest BCUT2D eigenvalue weighted by molar-refractivity contribution is 1.07. The van der Waals surface area contributed by atoms with Crippen LogP contribution in [0.1, 0.15) is 0 Å². The Hall–Kier alpha value is -13.8. The van der Waals surface area contributed by atoms with Crippen molar-refractivity contribution in [2.75, 3.05) is 0 Å². The average Bonchev–Trinajstić information content (AvgIpc) is 0.684. The van der Waals surface area contributed by atoms with Crippen molar-refractivity contribution in [3.8, 4) is 123 Å². The lowest BCUT2D eigenvalue weighted by atomic mass is 10.0. The van der Waals surface area contributed by atoms with E-state index < -0.39 is 16.1 Å². The summed E-state index contributed by atoms with van der Waals surface area (Å²) in [4.78, 5) is 17.5. The van der Waals surface area contributed by atoms with Crippen LogP contribution in [-0.2, 0) is 0 Å². The number of benzene rings is 17. The second-order valence-corrected chi connectivity index (χ2v) is 35.8. The van der Waals surface area contributed by atoms with E-state index in [1.165, 1.54) is 41.5 Å². The third-order valence-electron chi connectivity index (χ3n) is 21.6. The van der Waals surface area contributed by atoms with Crippen LogP contribution in [0.5, 0.6) is 0 Å². The zero-order chi connectivity index (χ0) is 73.5. The summed E-state index contributed by atoms with van der Waals surface area (Å²) >= 11 is 0. The second kappa shape index (κ2) is 30.6. The highest BCUT2D eigenvalue weighted by Crippen LogP contribution is 2.34. The Labute approximate surface area is 646 Å². The Kier molecular flexibility index (Phi) is 18.9. The van der Waals surface area contributed by atoms with Crippen LogP contribution in [0, 0.1) is 0 Å². The molecule has 18 rings (SSSR count). The second-order valence-electron chi connectivity index (χ2n) is 28.2. The molecule has 110 heavy (non-hydrogen) atoms. The highest BCUT2D eigenvalue weighted by molar-refractivity contribution is 7.22. The summed E-state index contributed by atoms with van der Waals surface area (Å²) in [5, 5.41) is 9.67. The molecule has 0 spiro atoms. The molecule has 518 valence electrons. The third-order valence-corrected chi connectivity index (χ3v) is 30.9. The maximum absolute atomic E-state index is 5.93. The predicted molar refractivity (Wildman–Crippen MR) is 467 cm³/mol. The first-order valence-corrected chi connectivity index (χ1v) is 41.7. The van der Waals surface area contributed by atoms with Crippen molar-refractivity contribution in [1.82, 2.24) is 15.0 Å². The van der Waals surface area contributed by atoms with Gasteiger partial charge in [0.25, 0.3) is 0 Å². The van der Waals surface area contributed by atoms with Gasteiger partial charge in [-0.2, -0.15) is 0 Å². The van der Waals surface area contributed by atoms with Gasteiger partial charge in [0.15, 0.2) is 33.6 Å². The number of aromatic nitrogens is 3. The molecular weight excluding hydrogens is 1360 g/mol. The topological polar surface area (TPSA) is 38.7 Å². The van der Waals surface area contributed by atoms with Crippen LogP contribution in [0.15, 0.2) is 455 Å². The minimum absolute atomic E-state index is 0.553. The van der Waals surface area contributed by atoms with Gasteiger partial charge in [-0.05, 0) is 143 Å². The smallest absolute Gasteiger partial charge is 0.179 e. The lowest BCUT2D eigenvalue weighted by Crippen LogP contribution is -2.78. The molecule has 0 bridgehead atoms. The molecule has 18 aromatic rings. The lowest BCUT2D eigenvalue weighted by Gasteiger charge is -2.39. The van der Waals surface area contributed by atoms with Gasteiger partial charge in [0.05, 0.1) is 0 Å². The SMILES string of the molecule is c1ccc(-c2cccc(-c3nc(-c4cccc(-c5ccccc5)c4)nc(-c4cc([Si](c5cccc(-c6ccccc6)c5)(c5cccc(-c6ccccc6)c5)c5cccc(-c6ccccc6)c5)cc([Si](c5cccc(-c6ccccc6)c5)(c5cccc(-c6ccccc6)c5)c5cccc(-c6ccccc6)c5)c4)n3)c2)cc1. The molecule has 0 saturated heterocycles. The molecule has 0 aliphatic heterocycles. The molecule has 0 saturated carbocycles. The number of nitrogens with zero attached hydrogens (tertiary/aromatic N) is 3. The molecule has 0 aliphatic rings. The molecule has 17 aromatic carbocycles. The van der Waals surface area contributed by atoms with Crippen LogP contribution in [0.3, 0.4) is 0 Å². The summed E-state index contributed by atoms with van der Waals surface area (Å²) in [5.74, 6) is 1.68. The highest BCUT2D eigenvalue weighted by atomic mass is 28.3. The zero-order valence-electron chi connectivity index (χ0n) is 60.6. The zero-order valence-corrected chi connectivity index (χ0v) is 62.6. The van der Waals surface area contributed by atoms with Crippen molar-refractivity contribution >= 4 is 57.6 Å². The minimum atomic E-state index is -3.85. The van der Waals surface area contributed by atoms with E-state index in [0.29, 0.717) is 17.5 Å². The van der Waals surface area contributed by atoms with Gasteiger partial charge >= 0.3 is 0 Å². The van der Waals surface area contributed by atoms with Gasteiger partial charge in [-0.15, -0.1) is 0 Å². The van der Waals surface area contributed by atoms with Crippen molar-refractivity contribution in [2.24, 2.45) is 0 Å². The minimum Gasteiger partial charge on any atom is -0.208 e. The third kappa shape index (κ3) is 13.5. The van der Waals surface area contributed by atoms with E-state index in [0.717, 1.165) is 106 Å². The molecule has 0 fully saturated rings. The number of hydrogen-bond acceptors (Lipinski definition) is 3. The normalized spacial score (nSPS) is 11.5. The van der Waals surface area contributed by atoms with E-state index in [1.807, 2.05) is 0 Å². The first-order chi connectivity index (χ1) is 54.5. The molecular formula is C105H75N3Si2. The number of rotatable bonds is 19. The molecule has 3 nitrogen and oxygen atoms in total. The maximum atomic E-state index is 5.93. The van der Waals surface area contributed by atoms with Crippen LogP contribution < -0.4 is 41.5 Å². The van der Waals surface area contributed by atoms with Gasteiger partial charge in [-0.25, -0.2) is 15.0 Å². The van der Waals surface area contributed by atoms with Crippen molar-refractivity contribution in [3.05, 3.63) is 455 Å². The Bertz CT molecular complexity index is 5480. The monoisotopic (exact) mass is 1430 g/mol. The van der Waals surface area contributed by atoms with Crippen LogP contribution in [0.2, 0.25) is 0 Å². The summed E-state index contributed by atoms with van der Waals surface area (Å²) < 4.78 is 0. The van der Waals surface area contributed by atoms with Crippen LogP contribution in [0.4, 0.5) is 0 Å². The fraction of sp³-hybridized carbons (Fsp3) is 0. The molecule has 0 radical (unpaired) electrons. The molecule has 0 amide bonds. The largest absolute Gasteiger partial charge is 0.208 e. The first-order valence-electron chi connectivity index (χ1n) is 37.7. The Balaban J connectivity index is 1.04. The van der Waals surface area contributed by atoms with Crippen LogP contribution in [-0.4, -0.2) is 31.1 Å². The maximum Gasteiger partial charge on any atom is 0.179 e. The van der Waals surface area contributed by atoms with Crippen molar-refractivity contribution in [2.45, 2.75) is 0 Å². The van der Waals surface area contributed by atoms with E-state index in [-0.39, 0.29) is 0 Å². The predicted octanol–water partition coefficient (Wildman–Crippen LogP) is 21.0. The number of hydrogen-bond donors (Lipinski definition) is 0. The van der Waals surface area contributed by atoms with E-state index >= 15 is 0 Å². The molecule has 0 unspecified atom stereocenters. The standard InChI is InChI=1S/C105H75N3Si2/c1-9-33-76(34-10-1)84-49-25-57-92(65-84)103-106-104(93-58-26-50-85(66-93)77-35-11-2-12-36-77)108-105(107-103)94-73-101(109(95-59-27-51-86(67-95)78-37-13-3-14-38-78,96-60-28-52-87(68-96)79-39-15-4-16-40-79)97-61-29-53-88(69-97)80-41-17-5-18-42-80)75-102(74-94)110(98-62-30-54-89(70-98)81-43-19-6-20-44-81,99-63-31-55-90(71-99)82-45-21-7-22-46-82)100-64-32-56-91(72-100)83-47-23-8-24-48-83/h1-75H. The summed E-state index contributed by atoms with van der Waals surface area (Å²) in [6.45, 7) is 0. The Morgan fingerprint density at radius 2 is 0.264 bits per heavy atom. The van der Waals surface area contributed by atoms with Crippen molar-refractivity contribution < 1.29 is 0 Å². The van der Waals surface area contributed by atoms with Crippen LogP contribution >= 0.6 is 0 Å². The molecule has 0 N–H and O–H groups in total. The van der Waals surface area contributed by atoms with Gasteiger partial charge < -0.3 is 0 Å². The summed E-state index contributed by atoms with van der Waals surface area (Å²) in [6, 6.07) is 169. The van der Waals surface area contributed by atoms with E-state index in [4.69, 9.17) is 15.0 Å². The van der Waals surface area contributed by atoms with E-state index in [2.05, 4.69) is 455 Å². The molecule has 1 aromatic heterocycles. The van der Waals surface area contributed by atoms with Gasteiger partial charge in [0.2, 0.25) is 0 Å². The fourth-order valence-corrected chi connectivity index (χ4v) is 26.2. The molecule has 1 heterocycles. The van der Waals surface area contributed by atoms with Crippen molar-refractivity contribution in [1.29, 1.82) is 0 Å². The van der Waals surface area contributed by atoms with Gasteiger partial charge in [0.1, 0.15) is 0 Å². The van der Waals surface area contributed by atoms with E-state index in [9.17, 15) is 0 Å². The van der Waals surface area contributed by atoms with Crippen molar-refractivity contribution in [3.63, 3.8) is 0 Å². The summed E-state index contributed by atoms with van der Waals surface area (Å²) in [7, 11) is -7.71. The van der Waals surface area contributed by atoms with Gasteiger partial charge in [-0.3, -0.25) is 0 Å². The highest BCUT2D eigenvalue weighted by Gasteiger charge is 2.47. The van der Waals surface area contributed by atoms with Gasteiger partial charge in [0, 0.05) is 16.7 Å². The molecule has 0 atom stereocenters. The average molecular weight is 1430 g/mol. The summed E-state index contributed by atoms with van der Waals surface area (Å²) in [6.07, 6.45) is 0.